The van der Waals surface area contributed by atoms with Gasteiger partial charge in [-0.05, 0) is 36.4 Å². The van der Waals surface area contributed by atoms with Gasteiger partial charge in [0, 0.05) is 18.8 Å². The van der Waals surface area contributed by atoms with Crippen LogP contribution in [0.3, 0.4) is 0 Å². The van der Waals surface area contributed by atoms with E-state index in [9.17, 15) is 0 Å². The average Bonchev–Trinajstić information content (AvgIpc) is 2.76. The third-order valence-corrected chi connectivity index (χ3v) is 4.35. The molecule has 2 heterocycles. The van der Waals surface area contributed by atoms with E-state index in [1.54, 1.807) is 30.5 Å². The molecule has 0 atom stereocenters. The zero-order valence-electron chi connectivity index (χ0n) is 15.2. The lowest BCUT2D eigenvalue weighted by molar-refractivity contribution is 0.123. The quantitative estimate of drug-likeness (QED) is 0.704. The molecule has 0 amide bonds. The lowest BCUT2D eigenvalue weighted by Crippen LogP contribution is -2.36. The predicted octanol–water partition coefficient (Wildman–Crippen LogP) is 3.07. The Kier molecular flexibility index (Phi) is 5.26. The maximum absolute atomic E-state index is 8.89. The van der Waals surface area contributed by atoms with Crippen LogP contribution in [0.4, 0.5) is 28.8 Å². The van der Waals surface area contributed by atoms with Gasteiger partial charge < -0.3 is 20.3 Å². The molecule has 0 saturated carbocycles. The van der Waals surface area contributed by atoms with Crippen molar-refractivity contribution in [1.82, 2.24) is 15.2 Å². The zero-order chi connectivity index (χ0) is 19.2. The van der Waals surface area contributed by atoms with Crippen molar-refractivity contribution in [3.05, 3.63) is 60.3 Å². The van der Waals surface area contributed by atoms with Crippen LogP contribution in [0.2, 0.25) is 0 Å². The minimum Gasteiger partial charge on any atom is -0.378 e. The smallest absolute Gasteiger partial charge is 0.249 e. The topological polar surface area (TPSA) is 99.0 Å². The molecule has 0 radical (unpaired) electrons. The predicted molar refractivity (Wildman–Crippen MR) is 107 cm³/mol. The van der Waals surface area contributed by atoms with Gasteiger partial charge in [0.1, 0.15) is 0 Å². The number of nitriles is 1. The van der Waals surface area contributed by atoms with Crippen molar-refractivity contribution in [2.24, 2.45) is 0 Å². The molecule has 1 saturated heterocycles. The maximum Gasteiger partial charge on any atom is 0.249 e. The molecule has 0 unspecified atom stereocenters. The Morgan fingerprint density at radius 2 is 1.79 bits per heavy atom. The number of ether oxygens (including phenoxy) is 1. The van der Waals surface area contributed by atoms with E-state index in [0.29, 0.717) is 17.3 Å². The van der Waals surface area contributed by atoms with Crippen molar-refractivity contribution in [3.63, 3.8) is 0 Å². The van der Waals surface area contributed by atoms with Crippen LogP contribution in [-0.4, -0.2) is 41.5 Å². The average molecular weight is 373 g/mol. The summed E-state index contributed by atoms with van der Waals surface area (Å²) in [5.74, 6) is 0.963. The Balaban J connectivity index is 1.51. The summed E-state index contributed by atoms with van der Waals surface area (Å²) < 4.78 is 5.45. The van der Waals surface area contributed by atoms with E-state index in [1.807, 2.05) is 18.2 Å². The van der Waals surface area contributed by atoms with Gasteiger partial charge in [0.2, 0.25) is 5.95 Å². The standard InChI is InChI=1S/C20H19N7O/c21-13-15-5-7-16(8-6-15)23-20-25-19(14-22-26-20)24-17-3-1-2-4-18(17)27-9-11-28-12-10-27/h1-8,14H,9-12H2,(H2,23,24,25,26). The van der Waals surface area contributed by atoms with Crippen molar-refractivity contribution in [3.8, 4) is 6.07 Å². The summed E-state index contributed by atoms with van der Waals surface area (Å²) in [6.07, 6.45) is 1.58. The van der Waals surface area contributed by atoms with E-state index in [-0.39, 0.29) is 0 Å². The van der Waals surface area contributed by atoms with Crippen LogP contribution in [0.1, 0.15) is 5.56 Å². The van der Waals surface area contributed by atoms with E-state index in [4.69, 9.17) is 10.00 Å². The Bertz CT molecular complexity index is 978. The second-order valence-electron chi connectivity index (χ2n) is 6.22. The number of para-hydroxylation sites is 2. The van der Waals surface area contributed by atoms with Gasteiger partial charge in [-0.25, -0.2) is 0 Å². The van der Waals surface area contributed by atoms with Gasteiger partial charge in [-0.3, -0.25) is 0 Å². The normalized spacial score (nSPS) is 13.6. The first kappa shape index (κ1) is 17.7. The van der Waals surface area contributed by atoms with Gasteiger partial charge in [-0.1, -0.05) is 12.1 Å². The number of nitrogens with one attached hydrogen (secondary N) is 2. The monoisotopic (exact) mass is 373 g/mol. The van der Waals surface area contributed by atoms with E-state index in [2.05, 4.69) is 42.9 Å². The molecule has 2 N–H and O–H groups in total. The molecule has 8 heteroatoms. The number of aromatic nitrogens is 3. The zero-order valence-corrected chi connectivity index (χ0v) is 15.2. The minimum atomic E-state index is 0.374. The molecular weight excluding hydrogens is 354 g/mol. The first-order valence-corrected chi connectivity index (χ1v) is 8.97. The maximum atomic E-state index is 8.89. The third-order valence-electron chi connectivity index (χ3n) is 4.35. The van der Waals surface area contributed by atoms with E-state index < -0.39 is 0 Å². The van der Waals surface area contributed by atoms with Crippen molar-refractivity contribution in [2.45, 2.75) is 0 Å². The van der Waals surface area contributed by atoms with Crippen molar-refractivity contribution >= 4 is 28.8 Å². The fraction of sp³-hybridized carbons (Fsp3) is 0.200. The first-order chi connectivity index (χ1) is 13.8. The van der Waals surface area contributed by atoms with Crippen molar-refractivity contribution in [2.75, 3.05) is 41.8 Å². The lowest BCUT2D eigenvalue weighted by Gasteiger charge is -2.30. The molecule has 28 heavy (non-hydrogen) atoms. The highest BCUT2D eigenvalue weighted by Crippen LogP contribution is 2.28. The summed E-state index contributed by atoms with van der Waals surface area (Å²) in [4.78, 5) is 6.78. The molecule has 0 spiro atoms. The molecule has 140 valence electrons. The third kappa shape index (κ3) is 4.16. The number of anilines is 5. The van der Waals surface area contributed by atoms with Crippen LogP contribution in [0.15, 0.2) is 54.7 Å². The highest BCUT2D eigenvalue weighted by molar-refractivity contribution is 5.74. The summed E-state index contributed by atoms with van der Waals surface area (Å²) in [5.41, 5.74) is 3.44. The van der Waals surface area contributed by atoms with Crippen LogP contribution in [-0.2, 0) is 4.74 Å². The first-order valence-electron chi connectivity index (χ1n) is 8.97. The van der Waals surface area contributed by atoms with Crippen LogP contribution in [0.5, 0.6) is 0 Å². The molecule has 1 fully saturated rings. The fourth-order valence-corrected chi connectivity index (χ4v) is 2.97. The van der Waals surface area contributed by atoms with Gasteiger partial charge in [-0.15, -0.1) is 5.10 Å². The number of hydrogen-bond acceptors (Lipinski definition) is 8. The summed E-state index contributed by atoms with van der Waals surface area (Å²) in [7, 11) is 0. The Morgan fingerprint density at radius 3 is 2.57 bits per heavy atom. The van der Waals surface area contributed by atoms with Crippen LogP contribution < -0.4 is 15.5 Å². The summed E-state index contributed by atoms with van der Waals surface area (Å²) in [6.45, 7) is 3.16. The van der Waals surface area contributed by atoms with Gasteiger partial charge in [0.05, 0.1) is 42.4 Å². The molecule has 1 aromatic heterocycles. The number of morpholine rings is 1. The molecule has 0 bridgehead atoms. The SMILES string of the molecule is N#Cc1ccc(Nc2nncc(Nc3ccccc3N3CCOCC3)n2)cc1. The Labute approximate surface area is 162 Å². The number of hydrogen-bond donors (Lipinski definition) is 2. The van der Waals surface area contributed by atoms with E-state index >= 15 is 0 Å². The fourth-order valence-electron chi connectivity index (χ4n) is 2.97. The second kappa shape index (κ2) is 8.33. The van der Waals surface area contributed by atoms with E-state index in [1.165, 1.54) is 0 Å². The number of benzene rings is 2. The van der Waals surface area contributed by atoms with Crippen LogP contribution in [0.25, 0.3) is 0 Å². The van der Waals surface area contributed by atoms with Gasteiger partial charge in [-0.2, -0.15) is 15.3 Å². The van der Waals surface area contributed by atoms with Crippen molar-refractivity contribution in [1.29, 1.82) is 5.26 Å². The molecule has 1 aliphatic heterocycles. The minimum absolute atomic E-state index is 0.374. The molecule has 8 nitrogen and oxygen atoms in total. The van der Waals surface area contributed by atoms with Gasteiger partial charge >= 0.3 is 0 Å². The largest absolute Gasteiger partial charge is 0.378 e. The van der Waals surface area contributed by atoms with E-state index in [0.717, 1.165) is 43.4 Å². The molecule has 2 aromatic carbocycles. The highest BCUT2D eigenvalue weighted by atomic mass is 16.5. The molecule has 0 aliphatic carbocycles. The van der Waals surface area contributed by atoms with Crippen LogP contribution >= 0.6 is 0 Å². The highest BCUT2D eigenvalue weighted by Gasteiger charge is 2.15. The molecular formula is C20H19N7O. The van der Waals surface area contributed by atoms with Crippen LogP contribution in [0, 0.1) is 11.3 Å². The summed E-state index contributed by atoms with van der Waals surface area (Å²) in [6, 6.07) is 17.3. The molecule has 1 aliphatic rings. The Morgan fingerprint density at radius 1 is 1.00 bits per heavy atom. The number of rotatable bonds is 5. The van der Waals surface area contributed by atoms with Gasteiger partial charge in [0.25, 0.3) is 0 Å². The van der Waals surface area contributed by atoms with Crippen molar-refractivity contribution < 1.29 is 4.74 Å². The Hall–Kier alpha value is -3.70. The number of nitrogens with zero attached hydrogens (tertiary/aromatic N) is 5. The molecule has 3 aromatic rings. The summed E-state index contributed by atoms with van der Waals surface area (Å²) >= 11 is 0. The van der Waals surface area contributed by atoms with Gasteiger partial charge in [0.15, 0.2) is 5.82 Å². The summed E-state index contributed by atoms with van der Waals surface area (Å²) in [5, 5.41) is 23.4. The second-order valence-corrected chi connectivity index (χ2v) is 6.22. The molecule has 4 rings (SSSR count). The lowest BCUT2D eigenvalue weighted by atomic mass is 10.2.